The Hall–Kier alpha value is -3.48. The molecule has 0 aliphatic carbocycles. The highest BCUT2D eigenvalue weighted by Gasteiger charge is 2.35. The van der Waals surface area contributed by atoms with Gasteiger partial charge in [-0.05, 0) is 59.0 Å². The quantitative estimate of drug-likeness (QED) is 0.457. The Morgan fingerprint density at radius 2 is 1.84 bits per heavy atom. The largest absolute Gasteiger partial charge is 0.481 e. The lowest BCUT2D eigenvalue weighted by molar-refractivity contribution is -0.137. The van der Waals surface area contributed by atoms with Gasteiger partial charge in [-0.3, -0.25) is 14.6 Å². The van der Waals surface area contributed by atoms with Gasteiger partial charge in [-0.1, -0.05) is 48.0 Å². The molecule has 4 N–H and O–H groups in total. The number of amides is 1. The van der Waals surface area contributed by atoms with Crippen molar-refractivity contribution in [1.82, 2.24) is 0 Å². The minimum absolute atomic E-state index is 0.0295. The van der Waals surface area contributed by atoms with Crippen LogP contribution in [-0.4, -0.2) is 22.7 Å². The van der Waals surface area contributed by atoms with Gasteiger partial charge >= 0.3 is 5.97 Å². The average molecular weight is 448 g/mol. The molecule has 3 aromatic rings. The van der Waals surface area contributed by atoms with Crippen molar-refractivity contribution in [3.63, 3.8) is 0 Å². The van der Waals surface area contributed by atoms with Crippen molar-refractivity contribution in [2.75, 3.05) is 5.32 Å². The molecule has 1 aliphatic rings. The number of hydrogen-bond donors (Lipinski definition) is 3. The molecule has 1 amide bonds. The second-order valence-corrected chi connectivity index (χ2v) is 8.05. The number of rotatable bonds is 7. The molecular weight excluding hydrogens is 426 g/mol. The number of benzene rings is 3. The maximum Gasteiger partial charge on any atom is 0.303 e. The zero-order valence-electron chi connectivity index (χ0n) is 17.2. The summed E-state index contributed by atoms with van der Waals surface area (Å²) in [6.45, 7) is 0.432. The number of aryl methyl sites for hydroxylation is 1. The van der Waals surface area contributed by atoms with Crippen LogP contribution in [0.4, 0.5) is 11.4 Å². The second-order valence-electron chi connectivity index (χ2n) is 7.62. The first-order valence-corrected chi connectivity index (χ1v) is 10.6. The fourth-order valence-corrected chi connectivity index (χ4v) is 3.96. The molecule has 7 heteroatoms. The van der Waals surface area contributed by atoms with E-state index in [1.165, 1.54) is 0 Å². The first-order chi connectivity index (χ1) is 15.4. The van der Waals surface area contributed by atoms with Crippen molar-refractivity contribution in [2.24, 2.45) is 10.7 Å². The molecule has 1 atom stereocenters. The average Bonchev–Trinajstić information content (AvgIpc) is 3.11. The normalized spacial score (nSPS) is 15.4. The van der Waals surface area contributed by atoms with Crippen LogP contribution in [0, 0.1) is 0 Å². The minimum atomic E-state index is -0.856. The molecule has 1 heterocycles. The SMILES string of the molecule is NCc1ccc(N=C(c2cccc(CCC(=O)O)c2)C2C(=O)Nc3cc(Cl)ccc32)cc1. The summed E-state index contributed by atoms with van der Waals surface area (Å²) in [7, 11) is 0. The summed E-state index contributed by atoms with van der Waals surface area (Å²) < 4.78 is 0. The Bertz CT molecular complexity index is 1210. The first kappa shape index (κ1) is 21.7. The number of nitrogens with two attached hydrogens (primary N) is 1. The van der Waals surface area contributed by atoms with Gasteiger partial charge < -0.3 is 16.2 Å². The van der Waals surface area contributed by atoms with E-state index in [0.29, 0.717) is 35.1 Å². The lowest BCUT2D eigenvalue weighted by Gasteiger charge is -2.15. The third-order valence-electron chi connectivity index (χ3n) is 5.39. The molecular formula is C25H22ClN3O3. The summed E-state index contributed by atoms with van der Waals surface area (Å²) in [6.07, 6.45) is 0.423. The molecule has 0 spiro atoms. The highest BCUT2D eigenvalue weighted by Crippen LogP contribution is 2.37. The zero-order valence-corrected chi connectivity index (χ0v) is 18.0. The Labute approximate surface area is 190 Å². The molecule has 0 saturated carbocycles. The van der Waals surface area contributed by atoms with Crippen molar-refractivity contribution < 1.29 is 14.7 Å². The van der Waals surface area contributed by atoms with Gasteiger partial charge in [-0.25, -0.2) is 0 Å². The maximum absolute atomic E-state index is 13.0. The van der Waals surface area contributed by atoms with E-state index in [9.17, 15) is 9.59 Å². The van der Waals surface area contributed by atoms with E-state index in [0.717, 1.165) is 22.3 Å². The Balaban J connectivity index is 1.81. The molecule has 0 radical (unpaired) electrons. The highest BCUT2D eigenvalue weighted by atomic mass is 35.5. The van der Waals surface area contributed by atoms with Crippen molar-refractivity contribution in [1.29, 1.82) is 0 Å². The molecule has 0 aromatic heterocycles. The van der Waals surface area contributed by atoms with Crippen LogP contribution < -0.4 is 11.1 Å². The van der Waals surface area contributed by atoms with E-state index in [2.05, 4.69) is 5.32 Å². The number of halogens is 1. The number of hydrogen-bond acceptors (Lipinski definition) is 4. The molecule has 0 fully saturated rings. The molecule has 162 valence electrons. The molecule has 4 rings (SSSR count). The van der Waals surface area contributed by atoms with Gasteiger partial charge in [-0.2, -0.15) is 0 Å². The van der Waals surface area contributed by atoms with Crippen LogP contribution in [-0.2, 0) is 22.6 Å². The number of carboxylic acids is 1. The molecule has 0 saturated heterocycles. The number of carbonyl (C=O) groups excluding carboxylic acids is 1. The lowest BCUT2D eigenvalue weighted by atomic mass is 9.89. The summed E-state index contributed by atoms with van der Waals surface area (Å²) >= 11 is 6.12. The van der Waals surface area contributed by atoms with E-state index in [4.69, 9.17) is 27.4 Å². The van der Waals surface area contributed by atoms with E-state index < -0.39 is 11.9 Å². The smallest absolute Gasteiger partial charge is 0.303 e. The van der Waals surface area contributed by atoms with Gasteiger partial charge in [-0.15, -0.1) is 0 Å². The van der Waals surface area contributed by atoms with Gasteiger partial charge in [0, 0.05) is 23.7 Å². The topological polar surface area (TPSA) is 105 Å². The molecule has 1 aliphatic heterocycles. The third kappa shape index (κ3) is 4.72. The molecule has 1 unspecified atom stereocenters. The van der Waals surface area contributed by atoms with Crippen LogP contribution in [0.2, 0.25) is 5.02 Å². The molecule has 0 bridgehead atoms. The standard InChI is InChI=1S/C25H22ClN3O3/c26-18-7-10-20-21(13-18)29-25(32)23(20)24(28-19-8-4-16(14-27)5-9-19)17-3-1-2-15(12-17)6-11-22(30)31/h1-5,7-10,12-13,23H,6,11,14,27H2,(H,29,32)(H,30,31). The number of nitrogens with zero attached hydrogens (tertiary/aromatic N) is 1. The fourth-order valence-electron chi connectivity index (χ4n) is 3.78. The summed E-state index contributed by atoms with van der Waals surface area (Å²) in [5, 5.41) is 12.5. The molecule has 6 nitrogen and oxygen atoms in total. The van der Waals surface area contributed by atoms with Gasteiger partial charge in [0.25, 0.3) is 0 Å². The summed E-state index contributed by atoms with van der Waals surface area (Å²) in [5.41, 5.74) is 11.1. The van der Waals surface area contributed by atoms with Crippen LogP contribution in [0.25, 0.3) is 0 Å². The zero-order chi connectivity index (χ0) is 22.7. The predicted molar refractivity (Wildman–Crippen MR) is 126 cm³/mol. The minimum Gasteiger partial charge on any atom is -0.481 e. The van der Waals surface area contributed by atoms with E-state index in [-0.39, 0.29) is 12.3 Å². The molecule has 32 heavy (non-hydrogen) atoms. The highest BCUT2D eigenvalue weighted by molar-refractivity contribution is 6.31. The van der Waals surface area contributed by atoms with Crippen LogP contribution in [0.1, 0.15) is 34.6 Å². The van der Waals surface area contributed by atoms with E-state index in [1.54, 1.807) is 12.1 Å². The number of carbonyl (C=O) groups is 2. The van der Waals surface area contributed by atoms with Gasteiger partial charge in [0.05, 0.1) is 11.4 Å². The third-order valence-corrected chi connectivity index (χ3v) is 5.63. The predicted octanol–water partition coefficient (Wildman–Crippen LogP) is 4.67. The van der Waals surface area contributed by atoms with Crippen LogP contribution >= 0.6 is 11.6 Å². The van der Waals surface area contributed by atoms with Crippen LogP contribution in [0.15, 0.2) is 71.7 Å². The van der Waals surface area contributed by atoms with Crippen molar-refractivity contribution in [2.45, 2.75) is 25.3 Å². The van der Waals surface area contributed by atoms with Crippen molar-refractivity contribution in [3.8, 4) is 0 Å². The number of nitrogens with one attached hydrogen (secondary N) is 1. The maximum atomic E-state index is 13.0. The van der Waals surface area contributed by atoms with Crippen LogP contribution in [0.3, 0.4) is 0 Å². The summed E-state index contributed by atoms with van der Waals surface area (Å²) in [5.74, 6) is -1.66. The van der Waals surface area contributed by atoms with Crippen molar-refractivity contribution in [3.05, 3.63) is 94.0 Å². The Kier molecular flexibility index (Phi) is 6.35. The fraction of sp³-hybridized carbons (Fsp3) is 0.160. The number of carboxylic acid groups (broad SMARTS) is 1. The van der Waals surface area contributed by atoms with E-state index in [1.807, 2.05) is 54.6 Å². The number of fused-ring (bicyclic) bond motifs is 1. The molecule has 3 aromatic carbocycles. The Morgan fingerprint density at radius 3 is 2.56 bits per heavy atom. The second kappa shape index (κ2) is 9.34. The Morgan fingerprint density at radius 1 is 1.06 bits per heavy atom. The summed E-state index contributed by atoms with van der Waals surface area (Å²) in [4.78, 5) is 28.9. The summed E-state index contributed by atoms with van der Waals surface area (Å²) in [6, 6.07) is 20.4. The first-order valence-electron chi connectivity index (χ1n) is 10.2. The van der Waals surface area contributed by atoms with Gasteiger partial charge in [0.2, 0.25) is 5.91 Å². The van der Waals surface area contributed by atoms with Gasteiger partial charge in [0.1, 0.15) is 5.92 Å². The monoisotopic (exact) mass is 447 g/mol. The number of aliphatic imine (C=N–C) groups is 1. The van der Waals surface area contributed by atoms with Gasteiger partial charge in [0.15, 0.2) is 0 Å². The number of aliphatic carboxylic acids is 1. The lowest BCUT2D eigenvalue weighted by Crippen LogP contribution is -2.22. The number of anilines is 1. The van der Waals surface area contributed by atoms with Crippen molar-refractivity contribution >= 4 is 40.6 Å². The van der Waals surface area contributed by atoms with E-state index >= 15 is 0 Å². The van der Waals surface area contributed by atoms with Crippen LogP contribution in [0.5, 0.6) is 0 Å².